The maximum absolute atomic E-state index is 12.0. The number of aryl methyl sites for hydroxylation is 1. The molecule has 0 aliphatic carbocycles. The third-order valence-electron chi connectivity index (χ3n) is 4.78. The summed E-state index contributed by atoms with van der Waals surface area (Å²) in [7, 11) is 2.16. The molecule has 0 aromatic heterocycles. The second-order valence-corrected chi connectivity index (χ2v) is 6.92. The van der Waals surface area contributed by atoms with Gasteiger partial charge in [-0.15, -0.1) is 0 Å². The Hall–Kier alpha value is -2.59. The Morgan fingerprint density at radius 2 is 1.65 bits per heavy atom. The molecule has 1 saturated heterocycles. The van der Waals surface area contributed by atoms with Crippen molar-refractivity contribution in [3.8, 4) is 0 Å². The standard InChI is InChI=1S/C22H27N3O/c1-18-3-5-19(6-4-18)9-12-22(26)23-17-20-7-10-21(11-8-20)25-15-13-24(2)14-16-25/h3-12H,13-17H2,1-2H3,(H,23,26)/b12-9+. The number of hydrogen-bond acceptors (Lipinski definition) is 3. The van der Waals surface area contributed by atoms with Crippen LogP contribution in [0.2, 0.25) is 0 Å². The van der Waals surface area contributed by atoms with Gasteiger partial charge in [-0.1, -0.05) is 42.0 Å². The zero-order chi connectivity index (χ0) is 18.4. The zero-order valence-corrected chi connectivity index (χ0v) is 15.6. The summed E-state index contributed by atoms with van der Waals surface area (Å²) in [6, 6.07) is 16.6. The van der Waals surface area contributed by atoms with Gasteiger partial charge in [-0.05, 0) is 43.3 Å². The molecule has 1 heterocycles. The molecule has 1 N–H and O–H groups in total. The predicted molar refractivity (Wildman–Crippen MR) is 108 cm³/mol. The van der Waals surface area contributed by atoms with E-state index in [-0.39, 0.29) is 5.91 Å². The Labute approximate surface area is 156 Å². The first-order chi connectivity index (χ1) is 12.6. The highest BCUT2D eigenvalue weighted by molar-refractivity contribution is 5.91. The van der Waals surface area contributed by atoms with Crippen LogP contribution in [0.3, 0.4) is 0 Å². The van der Waals surface area contributed by atoms with Crippen LogP contribution >= 0.6 is 0 Å². The number of hydrogen-bond donors (Lipinski definition) is 1. The molecule has 136 valence electrons. The maximum Gasteiger partial charge on any atom is 0.244 e. The lowest BCUT2D eigenvalue weighted by Gasteiger charge is -2.34. The smallest absolute Gasteiger partial charge is 0.244 e. The fourth-order valence-corrected chi connectivity index (χ4v) is 2.99. The van der Waals surface area contributed by atoms with Crippen molar-refractivity contribution in [2.45, 2.75) is 13.5 Å². The molecule has 0 atom stereocenters. The van der Waals surface area contributed by atoms with E-state index in [2.05, 4.69) is 53.4 Å². The number of likely N-dealkylation sites (N-methyl/N-ethyl adjacent to an activating group) is 1. The topological polar surface area (TPSA) is 35.6 Å². The summed E-state index contributed by atoms with van der Waals surface area (Å²) in [5.41, 5.74) is 4.61. The minimum Gasteiger partial charge on any atom is -0.369 e. The molecule has 1 fully saturated rings. The van der Waals surface area contributed by atoms with Crippen molar-refractivity contribution in [1.82, 2.24) is 10.2 Å². The summed E-state index contributed by atoms with van der Waals surface area (Å²) in [4.78, 5) is 16.8. The Bertz CT molecular complexity index is 742. The Morgan fingerprint density at radius 1 is 1.00 bits per heavy atom. The summed E-state index contributed by atoms with van der Waals surface area (Å²) < 4.78 is 0. The van der Waals surface area contributed by atoms with Gasteiger partial charge in [-0.3, -0.25) is 4.79 Å². The van der Waals surface area contributed by atoms with Crippen molar-refractivity contribution in [3.05, 3.63) is 71.3 Å². The zero-order valence-electron chi connectivity index (χ0n) is 15.6. The third kappa shape index (κ3) is 5.20. The van der Waals surface area contributed by atoms with Crippen LogP contribution in [-0.4, -0.2) is 44.0 Å². The second-order valence-electron chi connectivity index (χ2n) is 6.92. The molecule has 1 aliphatic heterocycles. The molecule has 0 bridgehead atoms. The van der Waals surface area contributed by atoms with E-state index in [0.29, 0.717) is 6.54 Å². The lowest BCUT2D eigenvalue weighted by Crippen LogP contribution is -2.44. The van der Waals surface area contributed by atoms with Crippen molar-refractivity contribution in [2.24, 2.45) is 0 Å². The van der Waals surface area contributed by atoms with Crippen LogP contribution in [0, 0.1) is 6.92 Å². The number of benzene rings is 2. The molecule has 3 rings (SSSR count). The van der Waals surface area contributed by atoms with Crippen molar-refractivity contribution in [2.75, 3.05) is 38.1 Å². The van der Waals surface area contributed by atoms with Crippen LogP contribution in [-0.2, 0) is 11.3 Å². The lowest BCUT2D eigenvalue weighted by molar-refractivity contribution is -0.116. The molecular weight excluding hydrogens is 322 g/mol. The van der Waals surface area contributed by atoms with Gasteiger partial charge in [-0.2, -0.15) is 0 Å². The number of anilines is 1. The highest BCUT2D eigenvalue weighted by Crippen LogP contribution is 2.17. The van der Waals surface area contributed by atoms with Crippen LogP contribution in [0.1, 0.15) is 16.7 Å². The monoisotopic (exact) mass is 349 g/mol. The fourth-order valence-electron chi connectivity index (χ4n) is 2.99. The number of piperazine rings is 1. The molecule has 2 aromatic carbocycles. The average molecular weight is 349 g/mol. The molecule has 0 unspecified atom stereocenters. The molecule has 0 radical (unpaired) electrons. The van der Waals surface area contributed by atoms with Crippen molar-refractivity contribution >= 4 is 17.7 Å². The van der Waals surface area contributed by atoms with E-state index >= 15 is 0 Å². The fraction of sp³-hybridized carbons (Fsp3) is 0.318. The molecular formula is C22H27N3O. The van der Waals surface area contributed by atoms with Crippen LogP contribution < -0.4 is 10.2 Å². The van der Waals surface area contributed by atoms with Crippen LogP contribution in [0.5, 0.6) is 0 Å². The normalized spacial score (nSPS) is 15.4. The highest BCUT2D eigenvalue weighted by atomic mass is 16.1. The van der Waals surface area contributed by atoms with Crippen LogP contribution in [0.25, 0.3) is 6.08 Å². The molecule has 26 heavy (non-hydrogen) atoms. The first-order valence-electron chi connectivity index (χ1n) is 9.15. The van der Waals surface area contributed by atoms with Crippen molar-refractivity contribution in [3.63, 3.8) is 0 Å². The van der Waals surface area contributed by atoms with Crippen molar-refractivity contribution in [1.29, 1.82) is 0 Å². The van der Waals surface area contributed by atoms with E-state index in [4.69, 9.17) is 0 Å². The van der Waals surface area contributed by atoms with E-state index in [1.807, 2.05) is 30.3 Å². The molecule has 0 spiro atoms. The Kier molecular flexibility index (Phi) is 6.08. The second kappa shape index (κ2) is 8.68. The summed E-state index contributed by atoms with van der Waals surface area (Å²) >= 11 is 0. The molecule has 4 nitrogen and oxygen atoms in total. The number of carbonyl (C=O) groups excluding carboxylic acids is 1. The highest BCUT2D eigenvalue weighted by Gasteiger charge is 2.13. The van der Waals surface area contributed by atoms with Crippen LogP contribution in [0.15, 0.2) is 54.6 Å². The van der Waals surface area contributed by atoms with E-state index in [1.165, 1.54) is 11.3 Å². The number of nitrogens with zero attached hydrogens (tertiary/aromatic N) is 2. The van der Waals surface area contributed by atoms with Gasteiger partial charge in [0.25, 0.3) is 0 Å². The largest absolute Gasteiger partial charge is 0.369 e. The van der Waals surface area contributed by atoms with Gasteiger partial charge >= 0.3 is 0 Å². The van der Waals surface area contributed by atoms with E-state index < -0.39 is 0 Å². The number of nitrogens with one attached hydrogen (secondary N) is 1. The van der Waals surface area contributed by atoms with Gasteiger partial charge in [0.05, 0.1) is 0 Å². The van der Waals surface area contributed by atoms with E-state index in [9.17, 15) is 4.79 Å². The van der Waals surface area contributed by atoms with Gasteiger partial charge in [0.1, 0.15) is 0 Å². The first kappa shape index (κ1) is 18.2. The lowest BCUT2D eigenvalue weighted by atomic mass is 10.1. The summed E-state index contributed by atoms with van der Waals surface area (Å²) in [5.74, 6) is -0.0753. The quantitative estimate of drug-likeness (QED) is 0.843. The third-order valence-corrected chi connectivity index (χ3v) is 4.78. The van der Waals surface area contributed by atoms with Gasteiger partial charge < -0.3 is 15.1 Å². The molecule has 1 aliphatic rings. The van der Waals surface area contributed by atoms with Gasteiger partial charge in [0, 0.05) is 44.5 Å². The SMILES string of the molecule is Cc1ccc(/C=C/C(=O)NCc2ccc(N3CCN(C)CC3)cc2)cc1. The minimum atomic E-state index is -0.0753. The van der Waals surface area contributed by atoms with Crippen molar-refractivity contribution < 1.29 is 4.79 Å². The van der Waals surface area contributed by atoms with E-state index in [1.54, 1.807) is 6.08 Å². The number of rotatable bonds is 5. The first-order valence-corrected chi connectivity index (χ1v) is 9.15. The molecule has 2 aromatic rings. The van der Waals surface area contributed by atoms with Gasteiger partial charge in [0.15, 0.2) is 0 Å². The predicted octanol–water partition coefficient (Wildman–Crippen LogP) is 3.08. The molecule has 0 saturated carbocycles. The summed E-state index contributed by atoms with van der Waals surface area (Å²) in [6.45, 7) is 6.93. The summed E-state index contributed by atoms with van der Waals surface area (Å²) in [5, 5.41) is 2.94. The van der Waals surface area contributed by atoms with Gasteiger partial charge in [-0.25, -0.2) is 0 Å². The maximum atomic E-state index is 12.0. The molecule has 4 heteroatoms. The van der Waals surface area contributed by atoms with E-state index in [0.717, 1.165) is 37.3 Å². The minimum absolute atomic E-state index is 0.0753. The van der Waals surface area contributed by atoms with Crippen LogP contribution in [0.4, 0.5) is 5.69 Å². The number of carbonyl (C=O) groups is 1. The summed E-state index contributed by atoms with van der Waals surface area (Å²) in [6.07, 6.45) is 3.43. The molecule has 1 amide bonds. The van der Waals surface area contributed by atoms with Gasteiger partial charge in [0.2, 0.25) is 5.91 Å². The Morgan fingerprint density at radius 3 is 2.31 bits per heavy atom. The number of amides is 1. The average Bonchev–Trinajstić information content (AvgIpc) is 2.67. The Balaban J connectivity index is 1.48.